The van der Waals surface area contributed by atoms with E-state index in [4.69, 9.17) is 0 Å². The van der Waals surface area contributed by atoms with Crippen LogP contribution in [0, 0.1) is 5.92 Å². The quantitative estimate of drug-likeness (QED) is 0.922. The van der Waals surface area contributed by atoms with Crippen molar-refractivity contribution in [2.75, 3.05) is 0 Å². The Morgan fingerprint density at radius 2 is 2.05 bits per heavy atom. The molecule has 0 aliphatic carbocycles. The molecule has 0 spiro atoms. The van der Waals surface area contributed by atoms with E-state index >= 15 is 0 Å². The molecule has 2 atom stereocenters. The van der Waals surface area contributed by atoms with Gasteiger partial charge < -0.3 is 5.11 Å². The summed E-state index contributed by atoms with van der Waals surface area (Å²) in [6.45, 7) is 1.57. The van der Waals surface area contributed by atoms with Crippen molar-refractivity contribution in [3.8, 4) is 0 Å². The summed E-state index contributed by atoms with van der Waals surface area (Å²) in [6, 6.07) is 10.8. The smallest absolute Gasteiger partial charge is 0.307 e. The minimum absolute atomic E-state index is 0.153. The van der Waals surface area contributed by atoms with E-state index in [1.165, 1.54) is 11.8 Å². The van der Waals surface area contributed by atoms with E-state index in [-0.39, 0.29) is 5.78 Å². The topological polar surface area (TPSA) is 67.3 Å². The largest absolute Gasteiger partial charge is 0.481 e. The molecule has 0 fully saturated rings. The number of carbonyl (C=O) groups excluding carboxylic acids is 1. The lowest BCUT2D eigenvalue weighted by Crippen LogP contribution is -2.26. The highest BCUT2D eigenvalue weighted by molar-refractivity contribution is 7.99. The first-order valence-corrected chi connectivity index (χ1v) is 7.40. The van der Waals surface area contributed by atoms with Crippen molar-refractivity contribution in [1.82, 2.24) is 4.98 Å². The summed E-state index contributed by atoms with van der Waals surface area (Å²) in [7, 11) is 0. The van der Waals surface area contributed by atoms with Crippen LogP contribution in [-0.2, 0) is 4.79 Å². The lowest BCUT2D eigenvalue weighted by Gasteiger charge is -2.19. The van der Waals surface area contributed by atoms with E-state index in [1.807, 2.05) is 12.1 Å². The fraction of sp³-hybridized carbons (Fsp3) is 0.188. The molecule has 2 heterocycles. The lowest BCUT2D eigenvalue weighted by molar-refractivity contribution is -0.141. The van der Waals surface area contributed by atoms with Gasteiger partial charge in [0, 0.05) is 16.7 Å². The van der Waals surface area contributed by atoms with Gasteiger partial charge in [-0.15, -0.1) is 0 Å². The van der Waals surface area contributed by atoms with Crippen molar-refractivity contribution < 1.29 is 14.7 Å². The normalized spacial score (nSPS) is 18.3. The van der Waals surface area contributed by atoms with Crippen LogP contribution in [-0.4, -0.2) is 21.8 Å². The molecule has 1 aliphatic heterocycles. The zero-order valence-corrected chi connectivity index (χ0v) is 12.1. The third kappa shape index (κ3) is 2.34. The number of aromatic nitrogens is 1. The van der Waals surface area contributed by atoms with Gasteiger partial charge in [-0.1, -0.05) is 43.0 Å². The molecule has 0 bridgehead atoms. The highest BCUT2D eigenvalue weighted by Crippen LogP contribution is 2.42. The van der Waals surface area contributed by atoms with E-state index in [2.05, 4.69) is 4.98 Å². The Kier molecular flexibility index (Phi) is 3.51. The minimum atomic E-state index is -0.979. The number of Topliss-reactive ketones (excluding diaryl/α,β-unsaturated/α-hetero) is 1. The second kappa shape index (κ2) is 5.33. The molecule has 1 aliphatic rings. The number of carboxylic acid groups (broad SMARTS) is 1. The van der Waals surface area contributed by atoms with Crippen LogP contribution in [0.25, 0.3) is 0 Å². The zero-order chi connectivity index (χ0) is 15.0. The summed E-state index contributed by atoms with van der Waals surface area (Å²) in [5.74, 6) is -2.64. The molecule has 2 aromatic rings. The Labute approximate surface area is 126 Å². The van der Waals surface area contributed by atoms with E-state index in [9.17, 15) is 14.7 Å². The number of nitrogens with zero attached hydrogens (tertiary/aromatic N) is 1. The summed E-state index contributed by atoms with van der Waals surface area (Å²) < 4.78 is 0. The van der Waals surface area contributed by atoms with Gasteiger partial charge in [0.25, 0.3) is 0 Å². The first kappa shape index (κ1) is 13.8. The lowest BCUT2D eigenvalue weighted by atomic mass is 9.82. The molecule has 2 unspecified atom stereocenters. The maximum absolute atomic E-state index is 12.8. The molecule has 0 radical (unpaired) electrons. The molecule has 3 rings (SSSR count). The van der Waals surface area contributed by atoms with Crippen molar-refractivity contribution in [3.63, 3.8) is 0 Å². The van der Waals surface area contributed by atoms with Gasteiger partial charge in [0.1, 0.15) is 5.03 Å². The molecule has 106 valence electrons. The molecule has 21 heavy (non-hydrogen) atoms. The number of aliphatic carboxylic acids is 1. The maximum atomic E-state index is 12.8. The molecular formula is C16H13NO3S. The van der Waals surface area contributed by atoms with Crippen LogP contribution in [0.15, 0.2) is 52.5 Å². The van der Waals surface area contributed by atoms with E-state index in [0.717, 1.165) is 4.90 Å². The van der Waals surface area contributed by atoms with Crippen LogP contribution in [0.3, 0.4) is 0 Å². The van der Waals surface area contributed by atoms with Gasteiger partial charge in [-0.2, -0.15) is 0 Å². The second-order valence-electron chi connectivity index (χ2n) is 4.96. The minimum Gasteiger partial charge on any atom is -0.481 e. The molecule has 5 heteroatoms. The number of hydrogen-bond acceptors (Lipinski definition) is 4. The van der Waals surface area contributed by atoms with E-state index in [0.29, 0.717) is 16.2 Å². The molecule has 1 N–H and O–H groups in total. The summed E-state index contributed by atoms with van der Waals surface area (Å²) in [5.41, 5.74) is 1.26. The van der Waals surface area contributed by atoms with Crippen LogP contribution >= 0.6 is 11.8 Å². The Hall–Kier alpha value is -2.14. The molecular weight excluding hydrogens is 286 g/mol. The Bertz CT molecular complexity index is 729. The average Bonchev–Trinajstić information content (AvgIpc) is 2.61. The van der Waals surface area contributed by atoms with Crippen LogP contribution in [0.5, 0.6) is 0 Å². The molecule has 0 saturated heterocycles. The van der Waals surface area contributed by atoms with Crippen molar-refractivity contribution in [3.05, 3.63) is 53.7 Å². The number of carboxylic acids is 1. The highest BCUT2D eigenvalue weighted by atomic mass is 32.2. The third-order valence-electron chi connectivity index (χ3n) is 3.67. The fourth-order valence-electron chi connectivity index (χ4n) is 2.54. The molecule has 0 saturated carbocycles. The van der Waals surface area contributed by atoms with Gasteiger partial charge in [0.2, 0.25) is 0 Å². The Balaban J connectivity index is 2.23. The predicted octanol–water partition coefficient (Wildman–Crippen LogP) is 3.23. The van der Waals surface area contributed by atoms with Gasteiger partial charge in [-0.3, -0.25) is 9.59 Å². The van der Waals surface area contributed by atoms with Crippen LogP contribution < -0.4 is 0 Å². The van der Waals surface area contributed by atoms with Gasteiger partial charge in [0.05, 0.1) is 11.8 Å². The van der Waals surface area contributed by atoms with Crippen LogP contribution in [0.1, 0.15) is 28.8 Å². The van der Waals surface area contributed by atoms with Crippen molar-refractivity contribution in [2.24, 2.45) is 5.92 Å². The molecule has 0 amide bonds. The average molecular weight is 299 g/mol. The predicted molar refractivity (Wildman–Crippen MR) is 78.7 cm³/mol. The number of rotatable bonds is 2. The van der Waals surface area contributed by atoms with Gasteiger partial charge >= 0.3 is 5.97 Å². The highest BCUT2D eigenvalue weighted by Gasteiger charge is 2.37. The second-order valence-corrected chi connectivity index (χ2v) is 6.00. The summed E-state index contributed by atoms with van der Waals surface area (Å²) >= 11 is 1.42. The summed E-state index contributed by atoms with van der Waals surface area (Å²) in [6.07, 6.45) is 1.66. The fourth-order valence-corrected chi connectivity index (χ4v) is 3.60. The van der Waals surface area contributed by atoms with E-state index < -0.39 is 17.8 Å². The van der Waals surface area contributed by atoms with Crippen molar-refractivity contribution in [1.29, 1.82) is 0 Å². The first-order valence-electron chi connectivity index (χ1n) is 6.58. The standard InChI is InChI=1S/C16H13NO3S/c1-9(16(19)20)13-11-6-4-8-17-15(11)21-12-7-3-2-5-10(12)14(13)18/h2-9,13H,1H3,(H,19,20). The van der Waals surface area contributed by atoms with Crippen molar-refractivity contribution in [2.45, 2.75) is 22.8 Å². The first-order chi connectivity index (χ1) is 10.1. The van der Waals surface area contributed by atoms with Gasteiger partial charge in [0.15, 0.2) is 5.78 Å². The van der Waals surface area contributed by atoms with E-state index in [1.54, 1.807) is 37.4 Å². The SMILES string of the molecule is CC(C(=O)O)C1C(=O)c2ccccc2Sc2ncccc21. The number of ketones is 1. The zero-order valence-electron chi connectivity index (χ0n) is 11.3. The van der Waals surface area contributed by atoms with Crippen LogP contribution in [0.2, 0.25) is 0 Å². The van der Waals surface area contributed by atoms with Crippen LogP contribution in [0.4, 0.5) is 0 Å². The number of pyridine rings is 1. The number of hydrogen-bond donors (Lipinski definition) is 1. The molecule has 1 aromatic heterocycles. The monoisotopic (exact) mass is 299 g/mol. The van der Waals surface area contributed by atoms with Gasteiger partial charge in [-0.05, 0) is 17.7 Å². The van der Waals surface area contributed by atoms with Crippen molar-refractivity contribution >= 4 is 23.5 Å². The number of benzene rings is 1. The Morgan fingerprint density at radius 3 is 2.81 bits per heavy atom. The third-order valence-corrected chi connectivity index (χ3v) is 4.78. The van der Waals surface area contributed by atoms with Gasteiger partial charge in [-0.25, -0.2) is 4.98 Å². The maximum Gasteiger partial charge on any atom is 0.307 e. The number of fused-ring (bicyclic) bond motifs is 2. The summed E-state index contributed by atoms with van der Waals surface area (Å²) in [4.78, 5) is 29.4. The molecule has 4 nitrogen and oxygen atoms in total. The Morgan fingerprint density at radius 1 is 1.29 bits per heavy atom. The number of carbonyl (C=O) groups is 2. The molecule has 1 aromatic carbocycles. The summed E-state index contributed by atoms with van der Waals surface area (Å²) in [5, 5.41) is 10.0.